The molecule has 3 nitrogen and oxygen atoms in total. The van der Waals surface area contributed by atoms with E-state index < -0.39 is 18.0 Å². The lowest BCUT2D eigenvalue weighted by atomic mass is 9.90. The van der Waals surface area contributed by atoms with Gasteiger partial charge in [0.15, 0.2) is 0 Å². The van der Waals surface area contributed by atoms with E-state index in [0.717, 1.165) is 6.42 Å². The van der Waals surface area contributed by atoms with Crippen molar-refractivity contribution in [1.82, 2.24) is 0 Å². The van der Waals surface area contributed by atoms with Gasteiger partial charge in [0.2, 0.25) is 0 Å². The fourth-order valence-corrected chi connectivity index (χ4v) is 3.91. The molecule has 1 heterocycles. The van der Waals surface area contributed by atoms with Crippen LogP contribution < -0.4 is 0 Å². The number of aliphatic hydroxyl groups is 1. The molecule has 5 heteroatoms. The number of aliphatic hydroxyl groups excluding tert-OH is 1. The summed E-state index contributed by atoms with van der Waals surface area (Å²) in [6.07, 6.45) is 0.625. The summed E-state index contributed by atoms with van der Waals surface area (Å²) in [5.74, 6) is -1.16. The van der Waals surface area contributed by atoms with Crippen LogP contribution in [0, 0.1) is 17.8 Å². The Morgan fingerprint density at radius 1 is 1.59 bits per heavy atom. The fourth-order valence-electron chi connectivity index (χ4n) is 2.68. The van der Waals surface area contributed by atoms with Gasteiger partial charge in [0, 0.05) is 5.92 Å². The van der Waals surface area contributed by atoms with Crippen LogP contribution in [0.15, 0.2) is 11.4 Å². The number of aliphatic carboxylic acids is 1. The van der Waals surface area contributed by atoms with E-state index in [4.69, 9.17) is 11.6 Å². The molecule has 4 atom stereocenters. The number of carboxylic acid groups (broad SMARTS) is 1. The number of rotatable bonds is 3. The molecule has 0 spiro atoms. The zero-order valence-electron chi connectivity index (χ0n) is 9.47. The second kappa shape index (κ2) is 4.96. The van der Waals surface area contributed by atoms with Crippen molar-refractivity contribution in [2.45, 2.75) is 25.9 Å². The van der Waals surface area contributed by atoms with Gasteiger partial charge in [-0.1, -0.05) is 18.5 Å². The van der Waals surface area contributed by atoms with Gasteiger partial charge >= 0.3 is 5.97 Å². The molecule has 0 aliphatic heterocycles. The first-order valence-corrected chi connectivity index (χ1v) is 6.90. The molecule has 2 rings (SSSR count). The van der Waals surface area contributed by atoms with Crippen molar-refractivity contribution in [2.24, 2.45) is 17.8 Å². The molecule has 1 aliphatic rings. The first-order valence-electron chi connectivity index (χ1n) is 5.64. The normalized spacial score (nSPS) is 30.4. The number of carbonyl (C=O) groups is 1. The molecule has 1 aliphatic carbocycles. The third-order valence-corrected chi connectivity index (χ3v) is 4.91. The Kier molecular flexibility index (Phi) is 3.76. The highest BCUT2D eigenvalue weighted by Gasteiger charge is 2.42. The van der Waals surface area contributed by atoms with Crippen LogP contribution in [-0.2, 0) is 4.79 Å². The Labute approximate surface area is 109 Å². The van der Waals surface area contributed by atoms with Gasteiger partial charge in [0.05, 0.1) is 21.9 Å². The van der Waals surface area contributed by atoms with E-state index in [-0.39, 0.29) is 5.92 Å². The predicted octanol–water partition coefficient (Wildman–Crippen LogP) is 3.18. The molecule has 1 fully saturated rings. The van der Waals surface area contributed by atoms with Gasteiger partial charge in [-0.05, 0) is 30.2 Å². The average Bonchev–Trinajstić information content (AvgIpc) is 2.83. The number of carboxylic acids is 1. The van der Waals surface area contributed by atoms with Crippen molar-refractivity contribution in [3.05, 3.63) is 21.3 Å². The van der Waals surface area contributed by atoms with E-state index in [9.17, 15) is 15.0 Å². The van der Waals surface area contributed by atoms with E-state index >= 15 is 0 Å². The number of thiophene rings is 1. The van der Waals surface area contributed by atoms with Crippen LogP contribution in [-0.4, -0.2) is 16.2 Å². The zero-order chi connectivity index (χ0) is 12.6. The molecular formula is C12H15ClO3S. The van der Waals surface area contributed by atoms with Crippen molar-refractivity contribution in [3.8, 4) is 0 Å². The van der Waals surface area contributed by atoms with E-state index in [1.165, 1.54) is 11.3 Å². The van der Waals surface area contributed by atoms with Gasteiger partial charge < -0.3 is 10.2 Å². The second-order valence-electron chi connectivity index (χ2n) is 4.76. The number of hydrogen-bond donors (Lipinski definition) is 2. The Morgan fingerprint density at radius 3 is 2.82 bits per heavy atom. The summed E-state index contributed by atoms with van der Waals surface area (Å²) >= 11 is 7.36. The van der Waals surface area contributed by atoms with Gasteiger partial charge in [0.25, 0.3) is 0 Å². The smallest absolute Gasteiger partial charge is 0.306 e. The lowest BCUT2D eigenvalue weighted by Crippen LogP contribution is -2.23. The lowest BCUT2D eigenvalue weighted by Gasteiger charge is -2.21. The molecule has 0 aromatic carbocycles. The highest BCUT2D eigenvalue weighted by Crippen LogP contribution is 2.45. The second-order valence-corrected chi connectivity index (χ2v) is 6.12. The Balaban J connectivity index is 2.21. The molecule has 1 saturated carbocycles. The Morgan fingerprint density at radius 2 is 2.29 bits per heavy atom. The van der Waals surface area contributed by atoms with Gasteiger partial charge in [-0.3, -0.25) is 4.79 Å². The van der Waals surface area contributed by atoms with Crippen molar-refractivity contribution >= 4 is 28.9 Å². The summed E-state index contributed by atoms with van der Waals surface area (Å²) in [4.78, 5) is 11.9. The van der Waals surface area contributed by atoms with Crippen LogP contribution in [0.1, 0.15) is 30.7 Å². The maximum absolute atomic E-state index is 11.2. The van der Waals surface area contributed by atoms with Gasteiger partial charge in [0.1, 0.15) is 0 Å². The van der Waals surface area contributed by atoms with E-state index in [1.54, 1.807) is 6.07 Å². The molecular weight excluding hydrogens is 260 g/mol. The maximum Gasteiger partial charge on any atom is 0.306 e. The monoisotopic (exact) mass is 274 g/mol. The van der Waals surface area contributed by atoms with Crippen LogP contribution in [0.5, 0.6) is 0 Å². The summed E-state index contributed by atoms with van der Waals surface area (Å²) in [6, 6.07) is 1.74. The van der Waals surface area contributed by atoms with Gasteiger partial charge in [-0.25, -0.2) is 0 Å². The summed E-state index contributed by atoms with van der Waals surface area (Å²) < 4.78 is 0. The van der Waals surface area contributed by atoms with Crippen molar-refractivity contribution in [3.63, 3.8) is 0 Å². The Bertz CT molecular complexity index is 418. The van der Waals surface area contributed by atoms with Crippen molar-refractivity contribution < 1.29 is 15.0 Å². The van der Waals surface area contributed by atoms with E-state index in [2.05, 4.69) is 0 Å². The lowest BCUT2D eigenvalue weighted by molar-refractivity contribution is -0.144. The topological polar surface area (TPSA) is 57.5 Å². The first-order chi connectivity index (χ1) is 8.00. The molecule has 0 radical (unpaired) electrons. The quantitative estimate of drug-likeness (QED) is 0.890. The third kappa shape index (κ3) is 2.49. The molecule has 0 bridgehead atoms. The van der Waals surface area contributed by atoms with Crippen molar-refractivity contribution in [1.29, 1.82) is 0 Å². The average molecular weight is 275 g/mol. The van der Waals surface area contributed by atoms with Crippen LogP contribution in [0.2, 0.25) is 5.02 Å². The van der Waals surface area contributed by atoms with Crippen LogP contribution in [0.25, 0.3) is 0 Å². The predicted molar refractivity (Wildman–Crippen MR) is 67.3 cm³/mol. The maximum atomic E-state index is 11.2. The molecule has 17 heavy (non-hydrogen) atoms. The minimum Gasteiger partial charge on any atom is -0.481 e. The van der Waals surface area contributed by atoms with Crippen LogP contribution in [0.3, 0.4) is 0 Å². The Hall–Kier alpha value is -0.580. The van der Waals surface area contributed by atoms with E-state index in [0.29, 0.717) is 22.2 Å². The van der Waals surface area contributed by atoms with E-state index in [1.807, 2.05) is 12.3 Å². The van der Waals surface area contributed by atoms with Gasteiger partial charge in [-0.15, -0.1) is 11.3 Å². The molecule has 94 valence electrons. The van der Waals surface area contributed by atoms with Crippen LogP contribution >= 0.6 is 22.9 Å². The minimum absolute atomic E-state index is 0.223. The third-order valence-electron chi connectivity index (χ3n) is 3.48. The standard InChI is InChI=1S/C12H15ClO3S/c1-6-4-7(8(5-6)12(15)16)10(14)11-9(13)2-3-17-11/h2-3,6-8,10,14H,4-5H2,1H3,(H,15,16). The van der Waals surface area contributed by atoms with Gasteiger partial charge in [-0.2, -0.15) is 0 Å². The molecule has 2 N–H and O–H groups in total. The summed E-state index contributed by atoms with van der Waals surface area (Å²) in [5.41, 5.74) is 0. The first kappa shape index (κ1) is 12.9. The highest BCUT2D eigenvalue weighted by atomic mass is 35.5. The summed E-state index contributed by atoms with van der Waals surface area (Å²) in [6.45, 7) is 2.03. The molecule has 1 aromatic heterocycles. The molecule has 1 aromatic rings. The number of halogens is 1. The minimum atomic E-state index is -0.814. The summed E-state index contributed by atoms with van der Waals surface area (Å²) in [7, 11) is 0. The largest absolute Gasteiger partial charge is 0.481 e. The molecule has 4 unspecified atom stereocenters. The van der Waals surface area contributed by atoms with Crippen LogP contribution in [0.4, 0.5) is 0 Å². The zero-order valence-corrected chi connectivity index (χ0v) is 11.0. The highest BCUT2D eigenvalue weighted by molar-refractivity contribution is 7.10. The molecule has 0 amide bonds. The SMILES string of the molecule is CC1CC(C(=O)O)C(C(O)c2sccc2Cl)C1. The molecule has 0 saturated heterocycles. The fraction of sp³-hybridized carbons (Fsp3) is 0.583. The summed E-state index contributed by atoms with van der Waals surface area (Å²) in [5, 5.41) is 21.8. The number of hydrogen-bond acceptors (Lipinski definition) is 3. The van der Waals surface area contributed by atoms with Crippen molar-refractivity contribution in [2.75, 3.05) is 0 Å².